The zero-order valence-corrected chi connectivity index (χ0v) is 16.9. The summed E-state index contributed by atoms with van der Waals surface area (Å²) in [5, 5.41) is 4.67. The van der Waals surface area contributed by atoms with Crippen molar-refractivity contribution in [2.24, 2.45) is 0 Å². The van der Waals surface area contributed by atoms with E-state index >= 15 is 0 Å². The fraction of sp³-hybridized carbons (Fsp3) is 0.318. The maximum atomic E-state index is 13.5. The molecule has 7 heteroatoms. The van der Waals surface area contributed by atoms with E-state index in [0.29, 0.717) is 42.8 Å². The molecule has 2 heterocycles. The Balaban J connectivity index is 1.53. The smallest absolute Gasteiger partial charge is 0.246 e. The Labute approximate surface area is 174 Å². The van der Waals surface area contributed by atoms with Gasteiger partial charge in [-0.3, -0.25) is 4.79 Å². The van der Waals surface area contributed by atoms with Crippen molar-refractivity contribution in [3.8, 4) is 11.4 Å². The molecule has 0 atom stereocenters. The van der Waals surface area contributed by atoms with Gasteiger partial charge in [0.25, 0.3) is 0 Å². The van der Waals surface area contributed by atoms with Crippen LogP contribution in [0, 0.1) is 0 Å². The third kappa shape index (κ3) is 4.04. The molecular formula is C22H22ClN3O3. The number of aromatic nitrogens is 2. The van der Waals surface area contributed by atoms with Crippen molar-refractivity contribution in [2.75, 3.05) is 20.3 Å². The van der Waals surface area contributed by atoms with E-state index in [4.69, 9.17) is 20.9 Å². The second kappa shape index (κ2) is 8.35. The minimum absolute atomic E-state index is 0.0400. The molecule has 1 amide bonds. The minimum Gasteiger partial charge on any atom is -0.381 e. The van der Waals surface area contributed by atoms with Gasteiger partial charge in [0.1, 0.15) is 0 Å². The molecule has 3 aromatic rings. The number of halogens is 1. The number of nitrogens with zero attached hydrogens (tertiary/aromatic N) is 3. The van der Waals surface area contributed by atoms with Gasteiger partial charge in [0.2, 0.25) is 17.6 Å². The maximum Gasteiger partial charge on any atom is 0.246 e. The molecule has 0 unspecified atom stereocenters. The summed E-state index contributed by atoms with van der Waals surface area (Å²) < 4.78 is 10.9. The third-order valence-electron chi connectivity index (χ3n) is 5.37. The quantitative estimate of drug-likeness (QED) is 0.632. The summed E-state index contributed by atoms with van der Waals surface area (Å²) in [6.07, 6.45) is 1.31. The first kappa shape index (κ1) is 19.6. The summed E-state index contributed by atoms with van der Waals surface area (Å²) in [7, 11) is 1.77. The van der Waals surface area contributed by atoms with Crippen LogP contribution < -0.4 is 0 Å². The van der Waals surface area contributed by atoms with Crippen molar-refractivity contribution in [1.29, 1.82) is 0 Å². The van der Waals surface area contributed by atoms with Gasteiger partial charge in [-0.05, 0) is 42.7 Å². The number of hydrogen-bond donors (Lipinski definition) is 0. The average molecular weight is 412 g/mol. The normalized spacial score (nSPS) is 15.8. The Bertz CT molecular complexity index is 966. The van der Waals surface area contributed by atoms with Gasteiger partial charge in [0, 0.05) is 30.8 Å². The van der Waals surface area contributed by atoms with E-state index in [9.17, 15) is 4.79 Å². The SMILES string of the molecule is CN(Cc1nc(-c2ccc(Cl)cc2)no1)C(=O)C1(c2ccccc2)CCOCC1. The lowest BCUT2D eigenvalue weighted by Gasteiger charge is -2.38. The molecule has 2 aromatic carbocycles. The van der Waals surface area contributed by atoms with Crippen molar-refractivity contribution >= 4 is 17.5 Å². The van der Waals surface area contributed by atoms with E-state index in [-0.39, 0.29) is 12.5 Å². The van der Waals surface area contributed by atoms with Gasteiger partial charge in [-0.25, -0.2) is 0 Å². The number of benzene rings is 2. The highest BCUT2D eigenvalue weighted by Gasteiger charge is 2.43. The molecule has 1 saturated heterocycles. The minimum atomic E-state index is -0.590. The van der Waals surface area contributed by atoms with Gasteiger partial charge in [-0.2, -0.15) is 4.98 Å². The number of hydrogen-bond acceptors (Lipinski definition) is 5. The van der Waals surface area contributed by atoms with E-state index < -0.39 is 5.41 Å². The van der Waals surface area contributed by atoms with Crippen LogP contribution in [0.25, 0.3) is 11.4 Å². The first-order valence-corrected chi connectivity index (χ1v) is 9.94. The van der Waals surface area contributed by atoms with Crippen LogP contribution in [0.2, 0.25) is 5.02 Å². The molecule has 1 aromatic heterocycles. The number of carbonyl (C=O) groups is 1. The molecule has 4 rings (SSSR count). The lowest BCUT2D eigenvalue weighted by Crippen LogP contribution is -2.48. The van der Waals surface area contributed by atoms with Gasteiger partial charge >= 0.3 is 0 Å². The summed E-state index contributed by atoms with van der Waals surface area (Å²) in [5.74, 6) is 0.903. The molecule has 0 N–H and O–H groups in total. The van der Waals surface area contributed by atoms with Crippen molar-refractivity contribution in [3.05, 3.63) is 71.1 Å². The molecule has 0 spiro atoms. The Morgan fingerprint density at radius 1 is 1.10 bits per heavy atom. The molecule has 1 aliphatic rings. The zero-order valence-electron chi connectivity index (χ0n) is 16.2. The molecule has 29 heavy (non-hydrogen) atoms. The lowest BCUT2D eigenvalue weighted by atomic mass is 9.73. The van der Waals surface area contributed by atoms with Crippen LogP contribution in [-0.2, 0) is 21.5 Å². The summed E-state index contributed by atoms with van der Waals surface area (Å²) in [5.41, 5.74) is 1.24. The largest absolute Gasteiger partial charge is 0.381 e. The molecular weight excluding hydrogens is 390 g/mol. The Hall–Kier alpha value is -2.70. The topological polar surface area (TPSA) is 68.5 Å². The highest BCUT2D eigenvalue weighted by molar-refractivity contribution is 6.30. The first-order valence-electron chi connectivity index (χ1n) is 9.56. The second-order valence-corrected chi connectivity index (χ2v) is 7.68. The van der Waals surface area contributed by atoms with Crippen LogP contribution in [-0.4, -0.2) is 41.2 Å². The molecule has 0 aliphatic carbocycles. The van der Waals surface area contributed by atoms with Gasteiger partial charge in [-0.1, -0.05) is 47.1 Å². The molecule has 0 radical (unpaired) electrons. The summed E-state index contributed by atoms with van der Waals surface area (Å²) in [6, 6.07) is 17.1. The Morgan fingerprint density at radius 3 is 2.48 bits per heavy atom. The number of amides is 1. The van der Waals surface area contributed by atoms with Crippen LogP contribution in [0.15, 0.2) is 59.1 Å². The molecule has 6 nitrogen and oxygen atoms in total. The van der Waals surface area contributed by atoms with Crippen molar-refractivity contribution < 1.29 is 14.1 Å². The third-order valence-corrected chi connectivity index (χ3v) is 5.62. The first-order chi connectivity index (χ1) is 14.1. The molecule has 0 saturated carbocycles. The number of ether oxygens (including phenoxy) is 1. The second-order valence-electron chi connectivity index (χ2n) is 7.24. The van der Waals surface area contributed by atoms with Gasteiger partial charge in [-0.15, -0.1) is 0 Å². The van der Waals surface area contributed by atoms with Crippen molar-refractivity contribution in [1.82, 2.24) is 15.0 Å². The number of likely N-dealkylation sites (N-methyl/N-ethyl adjacent to an activating group) is 1. The summed E-state index contributed by atoms with van der Waals surface area (Å²) in [4.78, 5) is 19.6. The van der Waals surface area contributed by atoms with E-state index in [1.807, 2.05) is 42.5 Å². The molecule has 150 valence electrons. The zero-order chi connectivity index (χ0) is 20.3. The summed E-state index contributed by atoms with van der Waals surface area (Å²) >= 11 is 5.93. The van der Waals surface area contributed by atoms with E-state index in [1.165, 1.54) is 0 Å². The van der Waals surface area contributed by atoms with Crippen LogP contribution in [0.4, 0.5) is 0 Å². The maximum absolute atomic E-state index is 13.5. The standard InChI is InChI=1S/C22H22ClN3O3/c1-26(15-19-24-20(25-29-19)16-7-9-18(23)10-8-16)21(27)22(11-13-28-14-12-22)17-5-3-2-4-6-17/h2-10H,11-15H2,1H3. The Morgan fingerprint density at radius 2 is 1.79 bits per heavy atom. The van der Waals surface area contributed by atoms with Crippen LogP contribution in [0.3, 0.4) is 0 Å². The molecule has 1 aliphatic heterocycles. The Kier molecular flexibility index (Phi) is 5.65. The number of rotatable bonds is 5. The highest BCUT2D eigenvalue weighted by atomic mass is 35.5. The lowest BCUT2D eigenvalue weighted by molar-refractivity contribution is -0.140. The van der Waals surface area contributed by atoms with E-state index in [0.717, 1.165) is 11.1 Å². The highest BCUT2D eigenvalue weighted by Crippen LogP contribution is 2.36. The van der Waals surface area contributed by atoms with Crippen LogP contribution in [0.5, 0.6) is 0 Å². The van der Waals surface area contributed by atoms with Gasteiger partial charge in [0.15, 0.2) is 0 Å². The van der Waals surface area contributed by atoms with Crippen molar-refractivity contribution in [3.63, 3.8) is 0 Å². The molecule has 1 fully saturated rings. The summed E-state index contributed by atoms with van der Waals surface area (Å²) in [6.45, 7) is 1.38. The predicted molar refractivity (Wildman–Crippen MR) is 109 cm³/mol. The predicted octanol–water partition coefficient (Wildman–Crippen LogP) is 4.10. The van der Waals surface area contributed by atoms with Gasteiger partial charge < -0.3 is 14.2 Å². The van der Waals surface area contributed by atoms with E-state index in [2.05, 4.69) is 10.1 Å². The number of carbonyl (C=O) groups excluding carboxylic acids is 1. The van der Waals surface area contributed by atoms with Gasteiger partial charge in [0.05, 0.1) is 12.0 Å². The van der Waals surface area contributed by atoms with Crippen molar-refractivity contribution in [2.45, 2.75) is 24.8 Å². The van der Waals surface area contributed by atoms with E-state index in [1.54, 1.807) is 24.1 Å². The fourth-order valence-corrected chi connectivity index (χ4v) is 3.90. The van der Waals surface area contributed by atoms with Crippen LogP contribution >= 0.6 is 11.6 Å². The average Bonchev–Trinajstić information content (AvgIpc) is 3.23. The fourth-order valence-electron chi connectivity index (χ4n) is 3.78. The monoisotopic (exact) mass is 411 g/mol. The molecule has 0 bridgehead atoms. The van der Waals surface area contributed by atoms with Crippen LogP contribution in [0.1, 0.15) is 24.3 Å².